The molecule has 4 rings (SSSR count). The van der Waals surface area contributed by atoms with Crippen LogP contribution in [0.1, 0.15) is 58.8 Å². The van der Waals surface area contributed by atoms with Gasteiger partial charge in [0.05, 0.1) is 6.04 Å². The zero-order valence-electron chi connectivity index (χ0n) is 15.8. The van der Waals surface area contributed by atoms with E-state index in [1.165, 1.54) is 11.1 Å². The van der Waals surface area contributed by atoms with E-state index in [0.717, 1.165) is 31.4 Å². The molecule has 2 aromatic rings. The van der Waals surface area contributed by atoms with Gasteiger partial charge in [0.25, 0.3) is 5.91 Å². The van der Waals surface area contributed by atoms with E-state index >= 15 is 0 Å². The SMILES string of the molecule is Cc1ccc(C(NC(=O)c2cccc(CN3CCCC3=O)c2)C2CC2)cc1. The summed E-state index contributed by atoms with van der Waals surface area (Å²) in [4.78, 5) is 26.6. The fourth-order valence-corrected chi connectivity index (χ4v) is 3.80. The van der Waals surface area contributed by atoms with Crippen molar-refractivity contribution >= 4 is 11.8 Å². The summed E-state index contributed by atoms with van der Waals surface area (Å²) >= 11 is 0. The van der Waals surface area contributed by atoms with Crippen LogP contribution >= 0.6 is 0 Å². The smallest absolute Gasteiger partial charge is 0.251 e. The summed E-state index contributed by atoms with van der Waals surface area (Å²) in [6.45, 7) is 3.47. The number of rotatable bonds is 6. The van der Waals surface area contributed by atoms with Crippen molar-refractivity contribution in [3.05, 3.63) is 70.8 Å². The Hall–Kier alpha value is -2.62. The van der Waals surface area contributed by atoms with E-state index in [9.17, 15) is 9.59 Å². The largest absolute Gasteiger partial charge is 0.345 e. The Morgan fingerprint density at radius 2 is 1.96 bits per heavy atom. The van der Waals surface area contributed by atoms with Crippen LogP contribution in [-0.2, 0) is 11.3 Å². The molecular weight excluding hydrogens is 336 g/mol. The average Bonchev–Trinajstić information content (AvgIpc) is 3.44. The molecule has 1 atom stereocenters. The topological polar surface area (TPSA) is 49.4 Å². The van der Waals surface area contributed by atoms with Crippen molar-refractivity contribution in [3.63, 3.8) is 0 Å². The normalized spacial score (nSPS) is 17.8. The van der Waals surface area contributed by atoms with Crippen LogP contribution in [0.5, 0.6) is 0 Å². The highest BCUT2D eigenvalue weighted by atomic mass is 16.2. The minimum Gasteiger partial charge on any atom is -0.345 e. The van der Waals surface area contributed by atoms with Gasteiger partial charge in [-0.2, -0.15) is 0 Å². The second kappa shape index (κ2) is 7.55. The molecule has 2 fully saturated rings. The van der Waals surface area contributed by atoms with E-state index < -0.39 is 0 Å². The van der Waals surface area contributed by atoms with Gasteiger partial charge in [-0.3, -0.25) is 9.59 Å². The second-order valence-electron chi connectivity index (χ2n) is 7.82. The Labute approximate surface area is 160 Å². The summed E-state index contributed by atoms with van der Waals surface area (Å²) in [6.07, 6.45) is 3.89. The molecule has 140 valence electrons. The van der Waals surface area contributed by atoms with E-state index in [1.54, 1.807) is 0 Å². The summed E-state index contributed by atoms with van der Waals surface area (Å²) in [5.41, 5.74) is 4.08. The quantitative estimate of drug-likeness (QED) is 0.844. The van der Waals surface area contributed by atoms with Crippen molar-refractivity contribution in [1.29, 1.82) is 0 Å². The summed E-state index contributed by atoms with van der Waals surface area (Å²) in [7, 11) is 0. The van der Waals surface area contributed by atoms with Gasteiger partial charge in [-0.05, 0) is 55.4 Å². The van der Waals surface area contributed by atoms with Gasteiger partial charge in [-0.15, -0.1) is 0 Å². The van der Waals surface area contributed by atoms with Crippen LogP contribution in [0.15, 0.2) is 48.5 Å². The number of aryl methyl sites for hydroxylation is 1. The molecule has 2 aliphatic rings. The van der Waals surface area contributed by atoms with E-state index in [-0.39, 0.29) is 17.9 Å². The van der Waals surface area contributed by atoms with E-state index in [4.69, 9.17) is 0 Å². The highest BCUT2D eigenvalue weighted by molar-refractivity contribution is 5.94. The Balaban J connectivity index is 1.47. The molecule has 1 heterocycles. The van der Waals surface area contributed by atoms with Gasteiger partial charge in [-0.1, -0.05) is 42.0 Å². The second-order valence-corrected chi connectivity index (χ2v) is 7.82. The molecule has 2 amide bonds. The Bertz CT molecular complexity index is 840. The molecular formula is C23H26N2O2. The lowest BCUT2D eigenvalue weighted by atomic mass is 10.0. The molecule has 0 spiro atoms. The third-order valence-corrected chi connectivity index (χ3v) is 5.55. The van der Waals surface area contributed by atoms with Gasteiger partial charge < -0.3 is 10.2 Å². The van der Waals surface area contributed by atoms with Crippen molar-refractivity contribution in [3.8, 4) is 0 Å². The van der Waals surface area contributed by atoms with Gasteiger partial charge in [-0.25, -0.2) is 0 Å². The highest BCUT2D eigenvalue weighted by Gasteiger charge is 2.33. The molecule has 0 radical (unpaired) electrons. The number of likely N-dealkylation sites (tertiary alicyclic amines) is 1. The first kappa shape index (κ1) is 17.8. The molecule has 0 aromatic heterocycles. The Morgan fingerprint density at radius 1 is 1.19 bits per heavy atom. The van der Waals surface area contributed by atoms with Gasteiger partial charge in [0.1, 0.15) is 0 Å². The third kappa shape index (κ3) is 4.21. The molecule has 0 bridgehead atoms. The number of carbonyl (C=O) groups is 2. The van der Waals surface area contributed by atoms with Crippen molar-refractivity contribution in [2.75, 3.05) is 6.54 Å². The predicted octanol–water partition coefficient (Wildman–Crippen LogP) is 4.00. The lowest BCUT2D eigenvalue weighted by Crippen LogP contribution is -2.30. The minimum absolute atomic E-state index is 0.0397. The van der Waals surface area contributed by atoms with Crippen molar-refractivity contribution in [2.45, 2.75) is 45.2 Å². The van der Waals surface area contributed by atoms with Crippen LogP contribution in [0.2, 0.25) is 0 Å². The Kier molecular flexibility index (Phi) is 4.97. The molecule has 2 aromatic carbocycles. The van der Waals surface area contributed by atoms with Crippen LogP contribution in [-0.4, -0.2) is 23.3 Å². The van der Waals surface area contributed by atoms with Crippen molar-refractivity contribution in [2.24, 2.45) is 5.92 Å². The molecule has 27 heavy (non-hydrogen) atoms. The molecule has 1 aliphatic heterocycles. The van der Waals surface area contributed by atoms with Gasteiger partial charge >= 0.3 is 0 Å². The fourth-order valence-electron chi connectivity index (χ4n) is 3.80. The first-order valence-electron chi connectivity index (χ1n) is 9.84. The number of amides is 2. The molecule has 4 heteroatoms. The molecule has 1 unspecified atom stereocenters. The number of nitrogens with zero attached hydrogens (tertiary/aromatic N) is 1. The number of hydrogen-bond donors (Lipinski definition) is 1. The molecule has 1 saturated carbocycles. The molecule has 1 saturated heterocycles. The maximum Gasteiger partial charge on any atom is 0.251 e. The van der Waals surface area contributed by atoms with Crippen LogP contribution in [0, 0.1) is 12.8 Å². The molecule has 1 N–H and O–H groups in total. The molecule has 1 aliphatic carbocycles. The minimum atomic E-state index is -0.0397. The van der Waals surface area contributed by atoms with Gasteiger partial charge in [0.15, 0.2) is 0 Å². The van der Waals surface area contributed by atoms with E-state index in [1.807, 2.05) is 29.2 Å². The van der Waals surface area contributed by atoms with E-state index in [2.05, 4.69) is 36.5 Å². The van der Waals surface area contributed by atoms with Crippen LogP contribution in [0.4, 0.5) is 0 Å². The third-order valence-electron chi connectivity index (χ3n) is 5.55. The van der Waals surface area contributed by atoms with Crippen molar-refractivity contribution < 1.29 is 9.59 Å². The van der Waals surface area contributed by atoms with Crippen molar-refractivity contribution in [1.82, 2.24) is 10.2 Å². The number of nitrogens with one attached hydrogen (secondary N) is 1. The number of carbonyl (C=O) groups excluding carboxylic acids is 2. The first-order valence-corrected chi connectivity index (χ1v) is 9.84. The van der Waals surface area contributed by atoms with Crippen LogP contribution < -0.4 is 5.32 Å². The van der Waals surface area contributed by atoms with E-state index in [0.29, 0.717) is 24.4 Å². The van der Waals surface area contributed by atoms with Crippen LogP contribution in [0.3, 0.4) is 0 Å². The highest BCUT2D eigenvalue weighted by Crippen LogP contribution is 2.41. The zero-order chi connectivity index (χ0) is 18.8. The summed E-state index contributed by atoms with van der Waals surface area (Å²) in [5.74, 6) is 0.696. The summed E-state index contributed by atoms with van der Waals surface area (Å²) in [5, 5.41) is 3.24. The monoisotopic (exact) mass is 362 g/mol. The average molecular weight is 362 g/mol. The first-order chi connectivity index (χ1) is 13.1. The zero-order valence-corrected chi connectivity index (χ0v) is 15.8. The lowest BCUT2D eigenvalue weighted by molar-refractivity contribution is -0.128. The summed E-state index contributed by atoms with van der Waals surface area (Å²) < 4.78 is 0. The maximum atomic E-state index is 12.9. The molecule has 4 nitrogen and oxygen atoms in total. The summed E-state index contributed by atoms with van der Waals surface area (Å²) in [6, 6.07) is 16.2. The Morgan fingerprint density at radius 3 is 2.63 bits per heavy atom. The number of hydrogen-bond acceptors (Lipinski definition) is 2. The van der Waals surface area contributed by atoms with Gasteiger partial charge in [0, 0.05) is 25.1 Å². The standard InChI is InChI=1S/C23H26N2O2/c1-16-7-9-18(10-8-16)22(19-11-12-19)24-23(27)20-5-2-4-17(14-20)15-25-13-3-6-21(25)26/h2,4-5,7-10,14,19,22H,3,6,11-13,15H2,1H3,(H,24,27). The predicted molar refractivity (Wildman–Crippen MR) is 105 cm³/mol. The number of benzene rings is 2. The lowest BCUT2D eigenvalue weighted by Gasteiger charge is -2.20. The van der Waals surface area contributed by atoms with Gasteiger partial charge in [0.2, 0.25) is 5.91 Å². The van der Waals surface area contributed by atoms with Crippen LogP contribution in [0.25, 0.3) is 0 Å². The fraction of sp³-hybridized carbons (Fsp3) is 0.391. The maximum absolute atomic E-state index is 12.9.